The highest BCUT2D eigenvalue weighted by atomic mass is 19.1. The van der Waals surface area contributed by atoms with Crippen LogP contribution >= 0.6 is 0 Å². The Labute approximate surface area is 125 Å². The van der Waals surface area contributed by atoms with Gasteiger partial charge in [-0.15, -0.1) is 0 Å². The van der Waals surface area contributed by atoms with E-state index in [1.165, 1.54) is 12.1 Å². The third-order valence-corrected chi connectivity index (χ3v) is 4.94. The summed E-state index contributed by atoms with van der Waals surface area (Å²) in [5.41, 5.74) is 2.95. The topological polar surface area (TPSA) is 57.8 Å². The molecule has 2 atom stereocenters. The molecule has 1 spiro atoms. The fourth-order valence-electron chi connectivity index (χ4n) is 3.74. The van der Waals surface area contributed by atoms with E-state index in [1.807, 2.05) is 18.2 Å². The zero-order valence-electron chi connectivity index (χ0n) is 11.6. The van der Waals surface area contributed by atoms with Gasteiger partial charge in [0, 0.05) is 17.0 Å². The minimum atomic E-state index is -0.606. The van der Waals surface area contributed by atoms with Crippen molar-refractivity contribution in [2.45, 2.75) is 17.8 Å². The Morgan fingerprint density at radius 1 is 1.23 bits per heavy atom. The van der Waals surface area contributed by atoms with Gasteiger partial charge in [-0.25, -0.2) is 4.39 Å². The average molecular weight is 293 g/mol. The van der Waals surface area contributed by atoms with Gasteiger partial charge in [-0.3, -0.25) is 9.89 Å². The first kappa shape index (κ1) is 11.9. The number of fused-ring (bicyclic) bond motifs is 3. The molecule has 1 unspecified atom stereocenters. The molecule has 0 bridgehead atoms. The molecule has 0 radical (unpaired) electrons. The molecular weight excluding hydrogens is 281 g/mol. The lowest BCUT2D eigenvalue weighted by atomic mass is 9.92. The number of halogens is 1. The van der Waals surface area contributed by atoms with Crippen molar-refractivity contribution in [3.8, 4) is 0 Å². The van der Waals surface area contributed by atoms with Gasteiger partial charge in [-0.05, 0) is 41.8 Å². The van der Waals surface area contributed by atoms with Crippen LogP contribution in [-0.2, 0) is 10.2 Å². The van der Waals surface area contributed by atoms with E-state index in [0.717, 1.165) is 34.1 Å². The molecule has 1 aromatic heterocycles. The number of hydrogen-bond acceptors (Lipinski definition) is 2. The van der Waals surface area contributed by atoms with E-state index >= 15 is 0 Å². The molecule has 5 rings (SSSR count). The Morgan fingerprint density at radius 2 is 2.14 bits per heavy atom. The van der Waals surface area contributed by atoms with Crippen LogP contribution < -0.4 is 5.32 Å². The summed E-state index contributed by atoms with van der Waals surface area (Å²) in [6, 6.07) is 10.6. The quantitative estimate of drug-likeness (QED) is 0.724. The molecule has 5 heteroatoms. The Kier molecular flexibility index (Phi) is 2.02. The number of aromatic amines is 1. The Morgan fingerprint density at radius 3 is 3.05 bits per heavy atom. The summed E-state index contributed by atoms with van der Waals surface area (Å²) in [5.74, 6) is -0.240. The molecule has 3 aromatic rings. The smallest absolute Gasteiger partial charge is 0.235 e. The Balaban J connectivity index is 1.63. The third-order valence-electron chi connectivity index (χ3n) is 4.94. The van der Waals surface area contributed by atoms with Gasteiger partial charge in [0.15, 0.2) is 0 Å². The van der Waals surface area contributed by atoms with Crippen molar-refractivity contribution in [3.05, 3.63) is 59.5 Å². The van der Waals surface area contributed by atoms with E-state index < -0.39 is 5.41 Å². The molecule has 2 aromatic carbocycles. The first-order valence-electron chi connectivity index (χ1n) is 7.23. The van der Waals surface area contributed by atoms with Crippen LogP contribution in [0.4, 0.5) is 10.1 Å². The minimum absolute atomic E-state index is 0.0252. The summed E-state index contributed by atoms with van der Waals surface area (Å²) in [4.78, 5) is 12.5. The maximum absolute atomic E-state index is 13.6. The van der Waals surface area contributed by atoms with Crippen molar-refractivity contribution in [1.29, 1.82) is 0 Å². The van der Waals surface area contributed by atoms with Crippen molar-refractivity contribution >= 4 is 22.5 Å². The predicted octanol–water partition coefficient (Wildman–Crippen LogP) is 3.08. The van der Waals surface area contributed by atoms with Gasteiger partial charge in [0.2, 0.25) is 5.91 Å². The van der Waals surface area contributed by atoms with Crippen molar-refractivity contribution in [3.63, 3.8) is 0 Å². The van der Waals surface area contributed by atoms with E-state index in [2.05, 4.69) is 15.5 Å². The second-order valence-corrected chi connectivity index (χ2v) is 6.09. The molecule has 1 aliphatic carbocycles. The number of benzene rings is 2. The number of carbonyl (C=O) groups is 1. The highest BCUT2D eigenvalue weighted by Crippen LogP contribution is 2.65. The molecular formula is C17H12FN3O. The maximum Gasteiger partial charge on any atom is 0.235 e. The summed E-state index contributed by atoms with van der Waals surface area (Å²) in [6.07, 6.45) is 2.49. The summed E-state index contributed by atoms with van der Waals surface area (Å²) in [5, 5.41) is 10.9. The molecule has 0 saturated heterocycles. The maximum atomic E-state index is 13.6. The number of rotatable bonds is 1. The van der Waals surface area contributed by atoms with Gasteiger partial charge in [-0.1, -0.05) is 12.1 Å². The number of H-pyrrole nitrogens is 1. The highest BCUT2D eigenvalue weighted by Gasteiger charge is 2.65. The van der Waals surface area contributed by atoms with E-state index in [9.17, 15) is 9.18 Å². The Bertz CT molecular complexity index is 948. The van der Waals surface area contributed by atoms with Crippen LogP contribution in [0.5, 0.6) is 0 Å². The van der Waals surface area contributed by atoms with Gasteiger partial charge in [0.1, 0.15) is 5.82 Å². The van der Waals surface area contributed by atoms with E-state index in [1.54, 1.807) is 12.3 Å². The molecule has 2 aliphatic rings. The molecule has 22 heavy (non-hydrogen) atoms. The number of anilines is 1. The third kappa shape index (κ3) is 1.35. The summed E-state index contributed by atoms with van der Waals surface area (Å²) < 4.78 is 13.6. The van der Waals surface area contributed by atoms with Gasteiger partial charge in [-0.2, -0.15) is 5.10 Å². The van der Waals surface area contributed by atoms with Crippen LogP contribution in [0.2, 0.25) is 0 Å². The van der Waals surface area contributed by atoms with Crippen molar-refractivity contribution in [2.24, 2.45) is 0 Å². The number of hydrogen-bond donors (Lipinski definition) is 2. The fraction of sp³-hybridized carbons (Fsp3) is 0.176. The van der Waals surface area contributed by atoms with Crippen molar-refractivity contribution in [1.82, 2.24) is 10.2 Å². The molecule has 108 valence electrons. The molecule has 1 aliphatic heterocycles. The number of nitrogens with one attached hydrogen (secondary N) is 2. The monoisotopic (exact) mass is 293 g/mol. The van der Waals surface area contributed by atoms with Gasteiger partial charge in [0.05, 0.1) is 17.1 Å². The van der Waals surface area contributed by atoms with E-state index in [0.29, 0.717) is 0 Å². The highest BCUT2D eigenvalue weighted by molar-refractivity contribution is 6.09. The SMILES string of the molecule is O=C1Nc2ccc(F)cc2[C@]12CC2c1ccc2cn[nH]c2c1. The van der Waals surface area contributed by atoms with Crippen LogP contribution in [0.1, 0.15) is 23.5 Å². The molecule has 4 nitrogen and oxygen atoms in total. The average Bonchev–Trinajstić information content (AvgIpc) is 2.99. The first-order chi connectivity index (χ1) is 10.7. The zero-order valence-corrected chi connectivity index (χ0v) is 11.6. The second kappa shape index (κ2) is 3.74. The lowest BCUT2D eigenvalue weighted by Gasteiger charge is -2.09. The number of nitrogens with zero attached hydrogens (tertiary/aromatic N) is 1. The van der Waals surface area contributed by atoms with Crippen LogP contribution in [0, 0.1) is 5.82 Å². The summed E-state index contributed by atoms with van der Waals surface area (Å²) in [6.45, 7) is 0. The molecule has 1 amide bonds. The van der Waals surface area contributed by atoms with Crippen molar-refractivity contribution < 1.29 is 9.18 Å². The zero-order chi connectivity index (χ0) is 14.9. The normalized spacial score (nSPS) is 25.5. The van der Waals surface area contributed by atoms with Gasteiger partial charge in [0.25, 0.3) is 0 Å². The van der Waals surface area contributed by atoms with Crippen LogP contribution in [-0.4, -0.2) is 16.1 Å². The molecule has 2 N–H and O–H groups in total. The van der Waals surface area contributed by atoms with Gasteiger partial charge < -0.3 is 5.32 Å². The van der Waals surface area contributed by atoms with Crippen LogP contribution in [0.25, 0.3) is 10.9 Å². The number of aromatic nitrogens is 2. The molecule has 2 heterocycles. The lowest BCUT2D eigenvalue weighted by molar-refractivity contribution is -0.118. The minimum Gasteiger partial charge on any atom is -0.325 e. The summed E-state index contributed by atoms with van der Waals surface area (Å²) >= 11 is 0. The lowest BCUT2D eigenvalue weighted by Crippen LogP contribution is -2.21. The molecule has 1 saturated carbocycles. The van der Waals surface area contributed by atoms with E-state index in [4.69, 9.17) is 0 Å². The van der Waals surface area contributed by atoms with Gasteiger partial charge >= 0.3 is 0 Å². The van der Waals surface area contributed by atoms with Crippen LogP contribution in [0.15, 0.2) is 42.6 Å². The largest absolute Gasteiger partial charge is 0.325 e. The van der Waals surface area contributed by atoms with Crippen LogP contribution in [0.3, 0.4) is 0 Å². The second-order valence-electron chi connectivity index (χ2n) is 6.09. The Hall–Kier alpha value is -2.69. The standard InChI is InChI=1S/C17H12FN3O/c18-11-3-4-14-12(6-11)17(16(22)20-14)7-13(17)9-1-2-10-8-19-21-15(10)5-9/h1-6,8,13H,7H2,(H,19,21)(H,20,22)/t13?,17-/m0/s1. The molecule has 1 fully saturated rings. The number of amides is 1. The first-order valence-corrected chi connectivity index (χ1v) is 7.23. The van der Waals surface area contributed by atoms with Crippen molar-refractivity contribution in [2.75, 3.05) is 5.32 Å². The predicted molar refractivity (Wildman–Crippen MR) is 80.2 cm³/mol. The fourth-order valence-corrected chi connectivity index (χ4v) is 3.74. The number of carbonyl (C=O) groups excluding carboxylic acids is 1. The van der Waals surface area contributed by atoms with E-state index in [-0.39, 0.29) is 17.6 Å². The summed E-state index contributed by atoms with van der Waals surface area (Å²) in [7, 11) is 0.